The number of rotatable bonds is 7. The van der Waals surface area contributed by atoms with Crippen molar-refractivity contribution in [3.8, 4) is 17.2 Å². The van der Waals surface area contributed by atoms with Crippen molar-refractivity contribution in [2.24, 2.45) is 0 Å². The fraction of sp³-hybridized carbons (Fsp3) is 0.476. The number of carbonyl (C=O) groups excluding carboxylic acids is 1. The number of carbonyl (C=O) groups is 1. The largest absolute Gasteiger partial charge is 0.493 e. The molecule has 156 valence electrons. The van der Waals surface area contributed by atoms with Gasteiger partial charge >= 0.3 is 0 Å². The number of hydrogen-bond donors (Lipinski definition) is 1. The Balaban J connectivity index is 1.75. The van der Waals surface area contributed by atoms with Gasteiger partial charge in [-0.05, 0) is 50.3 Å². The second-order valence-corrected chi connectivity index (χ2v) is 7.13. The number of aromatic nitrogens is 2. The van der Waals surface area contributed by atoms with Crippen LogP contribution in [0.25, 0.3) is 0 Å². The zero-order valence-corrected chi connectivity index (χ0v) is 17.3. The van der Waals surface area contributed by atoms with Crippen LogP contribution in [0.3, 0.4) is 0 Å². The summed E-state index contributed by atoms with van der Waals surface area (Å²) in [4.78, 5) is 25.1. The number of methoxy groups -OCH3 is 3. The van der Waals surface area contributed by atoms with Crippen LogP contribution in [0, 0.1) is 0 Å². The van der Waals surface area contributed by atoms with Crippen molar-refractivity contribution in [1.29, 1.82) is 0 Å². The van der Waals surface area contributed by atoms with E-state index in [2.05, 4.69) is 10.4 Å². The Hall–Kier alpha value is -3.03. The second kappa shape index (κ2) is 8.98. The summed E-state index contributed by atoms with van der Waals surface area (Å²) in [6.45, 7) is 2.13. The smallest absolute Gasteiger partial charge is 0.267 e. The quantitative estimate of drug-likeness (QED) is 0.763. The Morgan fingerprint density at radius 2 is 1.76 bits per heavy atom. The van der Waals surface area contributed by atoms with Gasteiger partial charge in [-0.2, -0.15) is 5.10 Å². The van der Waals surface area contributed by atoms with Crippen LogP contribution in [0.1, 0.15) is 41.4 Å². The molecule has 2 aromatic rings. The van der Waals surface area contributed by atoms with Crippen LogP contribution in [-0.2, 0) is 19.4 Å². The average Bonchev–Trinajstić information content (AvgIpc) is 2.72. The van der Waals surface area contributed by atoms with Crippen molar-refractivity contribution in [2.75, 3.05) is 21.3 Å². The average molecular weight is 401 g/mol. The lowest BCUT2D eigenvalue weighted by atomic mass is 9.97. The van der Waals surface area contributed by atoms with Gasteiger partial charge in [0.05, 0.1) is 33.6 Å². The molecule has 0 fully saturated rings. The molecule has 8 heteroatoms. The van der Waals surface area contributed by atoms with Crippen LogP contribution in [0.15, 0.2) is 23.0 Å². The van der Waals surface area contributed by atoms with Gasteiger partial charge in [0.25, 0.3) is 11.5 Å². The molecule has 1 aromatic heterocycles. The summed E-state index contributed by atoms with van der Waals surface area (Å²) < 4.78 is 17.3. The third-order valence-electron chi connectivity index (χ3n) is 5.03. The molecule has 29 heavy (non-hydrogen) atoms. The van der Waals surface area contributed by atoms with Gasteiger partial charge in [0, 0.05) is 17.7 Å². The Labute approximate surface area is 169 Å². The number of hydrogen-bond acceptors (Lipinski definition) is 6. The number of fused-ring (bicyclic) bond motifs is 1. The van der Waals surface area contributed by atoms with Crippen molar-refractivity contribution in [2.45, 2.75) is 45.2 Å². The lowest BCUT2D eigenvalue weighted by Gasteiger charge is -2.19. The zero-order chi connectivity index (χ0) is 21.0. The van der Waals surface area contributed by atoms with Gasteiger partial charge in [-0.3, -0.25) is 9.59 Å². The van der Waals surface area contributed by atoms with Gasteiger partial charge < -0.3 is 19.5 Å². The van der Waals surface area contributed by atoms with E-state index < -0.39 is 0 Å². The molecule has 1 N–H and O–H groups in total. The number of nitrogens with one attached hydrogen (secondary N) is 1. The lowest BCUT2D eigenvalue weighted by molar-refractivity contribution is 0.0934. The first-order valence-corrected chi connectivity index (χ1v) is 9.67. The Bertz CT molecular complexity index is 929. The van der Waals surface area contributed by atoms with E-state index in [1.807, 2.05) is 6.92 Å². The van der Waals surface area contributed by atoms with Crippen molar-refractivity contribution >= 4 is 5.91 Å². The topological polar surface area (TPSA) is 91.7 Å². The molecule has 1 amide bonds. The van der Waals surface area contributed by atoms with E-state index in [0.29, 0.717) is 29.4 Å². The molecule has 1 aliphatic rings. The summed E-state index contributed by atoms with van der Waals surface area (Å²) in [5.74, 6) is 0.918. The van der Waals surface area contributed by atoms with Gasteiger partial charge in [-0.25, -0.2) is 4.68 Å². The van der Waals surface area contributed by atoms with E-state index in [9.17, 15) is 9.59 Å². The molecule has 1 atom stereocenters. The summed E-state index contributed by atoms with van der Waals surface area (Å²) in [7, 11) is 4.50. The van der Waals surface area contributed by atoms with Crippen LogP contribution in [0.5, 0.6) is 17.2 Å². The number of ether oxygens (including phenoxy) is 3. The van der Waals surface area contributed by atoms with Crippen molar-refractivity contribution in [1.82, 2.24) is 15.1 Å². The van der Waals surface area contributed by atoms with E-state index in [-0.39, 0.29) is 17.5 Å². The summed E-state index contributed by atoms with van der Waals surface area (Å²) in [5.41, 5.74) is 2.27. The molecule has 1 aromatic carbocycles. The summed E-state index contributed by atoms with van der Waals surface area (Å²) in [6, 6.07) is 4.56. The highest BCUT2D eigenvalue weighted by Gasteiger charge is 2.19. The predicted molar refractivity (Wildman–Crippen MR) is 108 cm³/mol. The summed E-state index contributed by atoms with van der Waals surface area (Å²) >= 11 is 0. The SMILES string of the molecule is COc1cc(C(=O)N[C@@H](C)Cn2nc3c(cc2=O)CCCC3)cc(OC)c1OC. The minimum absolute atomic E-state index is 0.139. The Kier molecular flexibility index (Phi) is 6.41. The van der Waals surface area contributed by atoms with E-state index in [4.69, 9.17) is 14.2 Å². The molecule has 1 aliphatic carbocycles. The highest BCUT2D eigenvalue weighted by Crippen LogP contribution is 2.38. The second-order valence-electron chi connectivity index (χ2n) is 7.13. The van der Waals surface area contributed by atoms with Crippen molar-refractivity contribution in [3.63, 3.8) is 0 Å². The molecule has 0 unspecified atom stereocenters. The van der Waals surface area contributed by atoms with Gasteiger partial charge in [-0.15, -0.1) is 0 Å². The number of nitrogens with zero attached hydrogens (tertiary/aromatic N) is 2. The third-order valence-corrected chi connectivity index (χ3v) is 5.03. The van der Waals surface area contributed by atoms with E-state index in [1.165, 1.54) is 26.0 Å². The standard InChI is InChI=1S/C21H27N3O5/c1-13(12-24-19(25)11-14-7-5-6-8-16(14)23-24)22-21(26)15-9-17(27-2)20(29-4)18(10-15)28-3/h9-11,13H,5-8,12H2,1-4H3,(H,22,26)/t13-/m0/s1. The maximum Gasteiger partial charge on any atom is 0.267 e. The van der Waals surface area contributed by atoms with Crippen LogP contribution in [-0.4, -0.2) is 43.1 Å². The highest BCUT2D eigenvalue weighted by atomic mass is 16.5. The van der Waals surface area contributed by atoms with E-state index in [0.717, 1.165) is 36.9 Å². The predicted octanol–water partition coefficient (Wildman–Crippen LogP) is 1.97. The van der Waals surface area contributed by atoms with Gasteiger partial charge in [0.1, 0.15) is 0 Å². The molecular weight excluding hydrogens is 374 g/mol. The summed E-state index contributed by atoms with van der Waals surface area (Å²) in [5, 5.41) is 7.41. The normalized spacial score (nSPS) is 13.9. The molecule has 0 spiro atoms. The van der Waals surface area contributed by atoms with E-state index >= 15 is 0 Å². The highest BCUT2D eigenvalue weighted by molar-refractivity contribution is 5.95. The monoisotopic (exact) mass is 401 g/mol. The molecular formula is C21H27N3O5. The first-order valence-electron chi connectivity index (χ1n) is 9.67. The minimum Gasteiger partial charge on any atom is -0.493 e. The first-order chi connectivity index (χ1) is 14.0. The van der Waals surface area contributed by atoms with Gasteiger partial charge in [0.15, 0.2) is 11.5 Å². The van der Waals surface area contributed by atoms with Gasteiger partial charge in [0.2, 0.25) is 5.75 Å². The zero-order valence-electron chi connectivity index (χ0n) is 17.3. The third kappa shape index (κ3) is 4.52. The van der Waals surface area contributed by atoms with E-state index in [1.54, 1.807) is 18.2 Å². The Morgan fingerprint density at radius 3 is 2.38 bits per heavy atom. The number of amides is 1. The Morgan fingerprint density at radius 1 is 1.10 bits per heavy atom. The van der Waals surface area contributed by atoms with Crippen LogP contribution in [0.4, 0.5) is 0 Å². The minimum atomic E-state index is -0.303. The molecule has 0 saturated heterocycles. The number of aryl methyl sites for hydroxylation is 2. The molecule has 3 rings (SSSR count). The fourth-order valence-electron chi connectivity index (χ4n) is 3.56. The van der Waals surface area contributed by atoms with Gasteiger partial charge in [-0.1, -0.05) is 0 Å². The molecule has 0 bridgehead atoms. The van der Waals surface area contributed by atoms with Crippen LogP contribution in [0.2, 0.25) is 0 Å². The molecule has 0 aliphatic heterocycles. The first kappa shape index (κ1) is 20.7. The maximum absolute atomic E-state index is 12.7. The molecule has 0 saturated carbocycles. The molecule has 1 heterocycles. The molecule has 0 radical (unpaired) electrons. The number of benzene rings is 1. The molecule has 8 nitrogen and oxygen atoms in total. The van der Waals surface area contributed by atoms with Crippen molar-refractivity contribution < 1.29 is 19.0 Å². The van der Waals surface area contributed by atoms with Crippen molar-refractivity contribution in [3.05, 3.63) is 45.4 Å². The summed E-state index contributed by atoms with van der Waals surface area (Å²) in [6.07, 6.45) is 3.98. The lowest BCUT2D eigenvalue weighted by Crippen LogP contribution is -2.39. The fourth-order valence-corrected chi connectivity index (χ4v) is 3.56. The van der Waals surface area contributed by atoms with Crippen LogP contribution >= 0.6 is 0 Å². The van der Waals surface area contributed by atoms with Crippen LogP contribution < -0.4 is 25.1 Å². The maximum atomic E-state index is 12.7.